The fraction of sp³-hybridized carbons (Fsp3) is 0.500. The quantitative estimate of drug-likeness (QED) is 0.0178. The summed E-state index contributed by atoms with van der Waals surface area (Å²) in [6.07, 6.45) is 29.2. The first-order valence-corrected chi connectivity index (χ1v) is 24.9. The van der Waals surface area contributed by atoms with Crippen LogP contribution in [0.4, 0.5) is 0 Å². The zero-order valence-corrected chi connectivity index (χ0v) is 42.3. The molecule has 0 aliphatic heterocycles. The smallest absolute Gasteiger partial charge is 0.744 e. The molecule has 0 saturated heterocycles. The van der Waals surface area contributed by atoms with E-state index in [1.165, 1.54) is 24.3 Å². The van der Waals surface area contributed by atoms with Crippen molar-refractivity contribution in [2.75, 3.05) is 26.4 Å². The van der Waals surface area contributed by atoms with Crippen LogP contribution in [0.3, 0.4) is 0 Å². The summed E-state index contributed by atoms with van der Waals surface area (Å²) in [5.74, 6) is -3.78. The molecule has 65 heavy (non-hydrogen) atoms. The van der Waals surface area contributed by atoms with Crippen molar-refractivity contribution in [1.82, 2.24) is 0 Å². The molecule has 0 radical (unpaired) electrons. The Morgan fingerprint density at radius 2 is 0.692 bits per heavy atom. The Morgan fingerprint density at radius 3 is 0.938 bits per heavy atom. The fourth-order valence-corrected chi connectivity index (χ4v) is 7.17. The predicted octanol–water partition coefficient (Wildman–Crippen LogP) is 9.97. The van der Waals surface area contributed by atoms with Crippen molar-refractivity contribution < 1.29 is 64.1 Å². The van der Waals surface area contributed by atoms with Gasteiger partial charge in [-0.2, -0.15) is 0 Å². The maximum absolute atomic E-state index is 12.6. The molecule has 0 amide bonds. The third-order valence-electron chi connectivity index (χ3n) is 9.04. The Balaban J connectivity index is 0.00000124. The van der Waals surface area contributed by atoms with Gasteiger partial charge in [-0.3, -0.25) is 0 Å². The van der Waals surface area contributed by atoms with Crippen molar-refractivity contribution in [2.45, 2.75) is 140 Å². The third-order valence-corrected chi connectivity index (χ3v) is 10.8. The summed E-state index contributed by atoms with van der Waals surface area (Å²) in [4.78, 5) is 48.6. The summed E-state index contributed by atoms with van der Waals surface area (Å²) in [6.45, 7) is 8.49. The topological polar surface area (TPSA) is 220 Å². The van der Waals surface area contributed by atoms with Gasteiger partial charge in [0.2, 0.25) is 0 Å². The van der Waals surface area contributed by atoms with Gasteiger partial charge in [0, 0.05) is 0 Å². The first-order valence-electron chi connectivity index (χ1n) is 22.1. The number of ether oxygens (including phenoxy) is 4. The van der Waals surface area contributed by atoms with Crippen molar-refractivity contribution in [2.24, 2.45) is 0 Å². The van der Waals surface area contributed by atoms with Crippen LogP contribution in [0.2, 0.25) is 0 Å². The molecule has 0 spiro atoms. The van der Waals surface area contributed by atoms with Gasteiger partial charge in [-0.05, 0) is 127 Å². The van der Waals surface area contributed by atoms with Gasteiger partial charge in [-0.15, -0.1) is 0 Å². The molecule has 0 atom stereocenters. The van der Waals surface area contributed by atoms with Crippen LogP contribution in [-0.4, -0.2) is 114 Å². The van der Waals surface area contributed by atoms with E-state index >= 15 is 0 Å². The number of hydrogen-bond donors (Lipinski definition) is 0. The van der Waals surface area contributed by atoms with Gasteiger partial charge in [0.25, 0.3) is 0 Å². The van der Waals surface area contributed by atoms with Crippen LogP contribution in [0.15, 0.2) is 94.8 Å². The van der Waals surface area contributed by atoms with Gasteiger partial charge >= 0.3 is 61.6 Å². The molecule has 2 aromatic rings. The van der Waals surface area contributed by atoms with E-state index in [0.29, 0.717) is 25.7 Å². The minimum Gasteiger partial charge on any atom is -0.744 e. The maximum Gasteiger partial charge on any atom is 2.00 e. The van der Waals surface area contributed by atoms with E-state index in [9.17, 15) is 45.1 Å². The average Bonchev–Trinajstić information content (AvgIpc) is 3.26. The number of hydrogen-bond acceptors (Lipinski definition) is 14. The zero-order valence-electron chi connectivity index (χ0n) is 38.5. The van der Waals surface area contributed by atoms with Crippen LogP contribution < -0.4 is 0 Å². The Bertz CT molecular complexity index is 1930. The minimum atomic E-state index is -4.99. The van der Waals surface area contributed by atoms with E-state index in [2.05, 4.69) is 24.3 Å². The van der Waals surface area contributed by atoms with Crippen molar-refractivity contribution in [3.63, 3.8) is 0 Å². The summed E-state index contributed by atoms with van der Waals surface area (Å²) >= 11 is 0. The van der Waals surface area contributed by atoms with Crippen LogP contribution in [0.1, 0.15) is 172 Å². The molecule has 356 valence electrons. The largest absolute Gasteiger partial charge is 2.00 e. The van der Waals surface area contributed by atoms with Crippen molar-refractivity contribution >= 4 is 81.9 Å². The number of allylic oxidation sites excluding steroid dienone is 8. The van der Waals surface area contributed by atoms with Gasteiger partial charge in [0.05, 0.1) is 58.5 Å². The number of unbranched alkanes of at least 4 members (excludes halogenated alkanes) is 8. The molecular weight excluding hydrogens is 905 g/mol. The van der Waals surface area contributed by atoms with Crippen molar-refractivity contribution in [3.8, 4) is 0 Å². The number of benzene rings is 2. The zero-order chi connectivity index (χ0) is 47.6. The molecule has 0 heterocycles. The minimum absolute atomic E-state index is 0. The number of rotatable bonds is 30. The first-order chi connectivity index (χ1) is 30.6. The molecule has 2 aromatic carbocycles. The van der Waals surface area contributed by atoms with E-state index < -0.39 is 65.0 Å². The Kier molecular flexibility index (Phi) is 34.4. The molecule has 2 rings (SSSR count). The van der Waals surface area contributed by atoms with Crippen LogP contribution in [0.25, 0.3) is 0 Å². The molecule has 0 aliphatic carbocycles. The van der Waals surface area contributed by atoms with Crippen LogP contribution in [0, 0.1) is 0 Å². The van der Waals surface area contributed by atoms with Gasteiger partial charge in [-0.25, -0.2) is 36.0 Å². The van der Waals surface area contributed by atoms with Crippen LogP contribution in [0.5, 0.6) is 0 Å². The Hall–Kier alpha value is -3.64. The SMILES string of the molecule is CC/C=C/CCCCOC(=O)c1cccc(S(=O)(=O)[O-])c1C(=O)OCCCC/C=C/CC.CC/C=C/CCCCOC(=O)c1cccc(S(=O)(=O)[O-])c1C(=O)OCCCC/C=C/CC.[Ca+2]. The van der Waals surface area contributed by atoms with E-state index in [0.717, 1.165) is 89.2 Å². The van der Waals surface area contributed by atoms with Gasteiger partial charge in [0.1, 0.15) is 20.2 Å². The van der Waals surface area contributed by atoms with Gasteiger partial charge in [-0.1, -0.05) is 88.4 Å². The standard InChI is InChI=1S/2C24H34O7S.Ca/c2*1-3-5-7-9-11-13-18-30-23(25)20-16-15-17-21(32(27,28)29)22(20)24(26)31-19-14-12-10-8-6-4-2;/h2*5-8,15-17H,3-4,9-14,18-19H2,1-2H3,(H,27,28,29);/q;;+2/p-2/b2*7-5+,8-6+;. The maximum atomic E-state index is 12.6. The second-order valence-electron chi connectivity index (χ2n) is 14.3. The molecule has 0 fully saturated rings. The summed E-state index contributed by atoms with van der Waals surface area (Å²) in [5.41, 5.74) is -1.71. The average molecular weight is 971 g/mol. The molecule has 0 unspecified atom stereocenters. The fourth-order valence-electron chi connectivity index (χ4n) is 5.79. The van der Waals surface area contributed by atoms with Crippen molar-refractivity contribution in [1.29, 1.82) is 0 Å². The molecule has 0 N–H and O–H groups in total. The summed E-state index contributed by atoms with van der Waals surface area (Å²) in [5, 5.41) is 0. The van der Waals surface area contributed by atoms with Crippen LogP contribution >= 0.6 is 0 Å². The summed E-state index contributed by atoms with van der Waals surface area (Å²) < 4.78 is 90.7. The molecule has 0 saturated carbocycles. The third kappa shape index (κ3) is 26.3. The molecule has 0 aliphatic rings. The number of carbonyl (C=O) groups excluding carboxylic acids is 4. The van der Waals surface area contributed by atoms with E-state index in [1.54, 1.807) is 0 Å². The van der Waals surface area contributed by atoms with Gasteiger partial charge in [0.15, 0.2) is 0 Å². The Labute approximate surface area is 416 Å². The molecule has 17 heteroatoms. The number of carbonyl (C=O) groups is 4. The summed E-state index contributed by atoms with van der Waals surface area (Å²) in [7, 11) is -9.99. The normalized spacial score (nSPS) is 11.7. The molecular formula is C48H66CaO14S2. The first kappa shape index (κ1) is 61.4. The molecule has 0 aromatic heterocycles. The monoisotopic (exact) mass is 970 g/mol. The second-order valence-corrected chi connectivity index (χ2v) is 17.0. The van der Waals surface area contributed by atoms with E-state index in [-0.39, 0.29) is 75.3 Å². The number of esters is 4. The summed E-state index contributed by atoms with van der Waals surface area (Å²) in [6, 6.07) is 6.96. The van der Waals surface area contributed by atoms with E-state index in [1.807, 2.05) is 52.0 Å². The molecule has 0 bridgehead atoms. The molecule has 14 nitrogen and oxygen atoms in total. The van der Waals surface area contributed by atoms with Crippen molar-refractivity contribution in [3.05, 3.63) is 107 Å². The van der Waals surface area contributed by atoms with Crippen LogP contribution in [-0.2, 0) is 39.2 Å². The Morgan fingerprint density at radius 1 is 0.431 bits per heavy atom. The predicted molar refractivity (Wildman–Crippen MR) is 249 cm³/mol. The van der Waals surface area contributed by atoms with Gasteiger partial charge < -0.3 is 28.1 Å². The second kappa shape index (κ2) is 36.5. The van der Waals surface area contributed by atoms with E-state index in [4.69, 9.17) is 18.9 Å².